The average molecular weight is 275 g/mol. The Kier molecular flexibility index (Phi) is 3.13. The van der Waals surface area contributed by atoms with Crippen LogP contribution in [0, 0.1) is 0 Å². The third-order valence-corrected chi connectivity index (χ3v) is 4.06. The lowest BCUT2D eigenvalue weighted by molar-refractivity contribution is -0.117. The molecular weight excluding hydrogens is 265 g/mol. The summed E-state index contributed by atoms with van der Waals surface area (Å²) in [5.74, 6) is -0.386. The van der Waals surface area contributed by atoms with Crippen LogP contribution < -0.4 is 4.90 Å². The van der Waals surface area contributed by atoms with Gasteiger partial charge in [0.2, 0.25) is 5.91 Å². The Morgan fingerprint density at radius 1 is 1.29 bits per heavy atom. The van der Waals surface area contributed by atoms with Gasteiger partial charge in [-0.05, 0) is 24.3 Å². The second-order valence-electron chi connectivity index (χ2n) is 3.82. The highest BCUT2D eigenvalue weighted by molar-refractivity contribution is 7.87. The van der Waals surface area contributed by atoms with Gasteiger partial charge in [0, 0.05) is 23.5 Å². The minimum absolute atomic E-state index is 0.135. The van der Waals surface area contributed by atoms with E-state index < -0.39 is 15.5 Å². The van der Waals surface area contributed by atoms with Crippen LogP contribution in [0.3, 0.4) is 0 Å². The zero-order chi connectivity index (χ0) is 12.6. The SMILES string of the molecule is O=C1CC(S(=O)(=O)F)CN1c1ccc(S)cc1. The van der Waals surface area contributed by atoms with Gasteiger partial charge in [0.25, 0.3) is 0 Å². The van der Waals surface area contributed by atoms with Gasteiger partial charge in [-0.3, -0.25) is 4.79 Å². The summed E-state index contributed by atoms with van der Waals surface area (Å²) in [7, 11) is -4.66. The second-order valence-corrected chi connectivity index (χ2v) is 5.96. The van der Waals surface area contributed by atoms with Crippen LogP contribution in [0.2, 0.25) is 0 Å². The quantitative estimate of drug-likeness (QED) is 0.655. The molecule has 1 heterocycles. The van der Waals surface area contributed by atoms with Crippen molar-refractivity contribution < 1.29 is 17.1 Å². The minimum atomic E-state index is -4.66. The zero-order valence-electron chi connectivity index (χ0n) is 8.71. The molecule has 1 atom stereocenters. The number of amides is 1. The first-order chi connectivity index (χ1) is 7.88. The number of benzene rings is 1. The molecule has 1 amide bonds. The summed E-state index contributed by atoms with van der Waals surface area (Å²) >= 11 is 4.10. The highest BCUT2D eigenvalue weighted by Crippen LogP contribution is 2.26. The van der Waals surface area contributed by atoms with Crippen LogP contribution in [0.1, 0.15) is 6.42 Å². The molecule has 0 bridgehead atoms. The summed E-state index contributed by atoms with van der Waals surface area (Å²) in [6.45, 7) is -0.135. The maximum Gasteiger partial charge on any atom is 0.307 e. The number of rotatable bonds is 2. The number of carbonyl (C=O) groups excluding carboxylic acids is 1. The van der Waals surface area contributed by atoms with Gasteiger partial charge in [-0.2, -0.15) is 8.42 Å². The maximum absolute atomic E-state index is 12.8. The summed E-state index contributed by atoms with van der Waals surface area (Å²) in [6, 6.07) is 6.66. The van der Waals surface area contributed by atoms with E-state index in [4.69, 9.17) is 0 Å². The first-order valence-corrected chi connectivity index (χ1v) is 6.80. The number of carbonyl (C=O) groups is 1. The van der Waals surface area contributed by atoms with Crippen molar-refractivity contribution in [2.75, 3.05) is 11.4 Å². The van der Waals surface area contributed by atoms with Crippen LogP contribution in [-0.2, 0) is 15.0 Å². The number of anilines is 1. The predicted octanol–water partition coefficient (Wildman–Crippen LogP) is 1.38. The Morgan fingerprint density at radius 2 is 1.88 bits per heavy atom. The Hall–Kier alpha value is -1.08. The van der Waals surface area contributed by atoms with E-state index in [0.717, 1.165) is 4.90 Å². The fourth-order valence-electron chi connectivity index (χ4n) is 1.75. The van der Waals surface area contributed by atoms with E-state index >= 15 is 0 Å². The van der Waals surface area contributed by atoms with Gasteiger partial charge in [-0.1, -0.05) is 0 Å². The van der Waals surface area contributed by atoms with Gasteiger partial charge in [0.05, 0.1) is 0 Å². The van der Waals surface area contributed by atoms with Gasteiger partial charge < -0.3 is 4.90 Å². The van der Waals surface area contributed by atoms with E-state index in [-0.39, 0.29) is 18.9 Å². The number of nitrogens with zero attached hydrogens (tertiary/aromatic N) is 1. The molecular formula is C10H10FNO3S2. The number of thiol groups is 1. The van der Waals surface area contributed by atoms with E-state index in [0.29, 0.717) is 5.69 Å². The highest BCUT2D eigenvalue weighted by atomic mass is 32.3. The van der Waals surface area contributed by atoms with Gasteiger partial charge in [-0.25, -0.2) is 0 Å². The molecule has 0 radical (unpaired) electrons. The van der Waals surface area contributed by atoms with E-state index in [1.807, 2.05) is 0 Å². The standard InChI is InChI=1S/C10H10FNO3S2/c11-17(14,15)9-5-10(13)12(6-9)7-1-3-8(16)4-2-7/h1-4,9,16H,5-6H2. The molecule has 0 aliphatic carbocycles. The normalized spacial score (nSPS) is 20.9. The first kappa shape index (κ1) is 12.4. The Balaban J connectivity index is 2.24. The topological polar surface area (TPSA) is 54.5 Å². The minimum Gasteiger partial charge on any atom is -0.311 e. The molecule has 1 fully saturated rings. The van der Waals surface area contributed by atoms with Crippen LogP contribution in [0.25, 0.3) is 0 Å². The number of hydrogen-bond acceptors (Lipinski definition) is 4. The third kappa shape index (κ3) is 2.61. The van der Waals surface area contributed by atoms with Crippen molar-refractivity contribution in [3.05, 3.63) is 24.3 Å². The first-order valence-electron chi connectivity index (χ1n) is 4.91. The summed E-state index contributed by atoms with van der Waals surface area (Å²) in [6.07, 6.45) is -0.304. The molecule has 1 aliphatic heterocycles. The van der Waals surface area contributed by atoms with Crippen molar-refractivity contribution >= 4 is 34.4 Å². The van der Waals surface area contributed by atoms with Crippen molar-refractivity contribution in [1.29, 1.82) is 0 Å². The lowest BCUT2D eigenvalue weighted by atomic mass is 10.3. The molecule has 2 rings (SSSR count). The summed E-state index contributed by atoms with van der Waals surface area (Å²) in [5, 5.41) is -1.26. The van der Waals surface area contributed by atoms with E-state index in [9.17, 15) is 17.1 Å². The smallest absolute Gasteiger partial charge is 0.307 e. The van der Waals surface area contributed by atoms with Gasteiger partial charge in [-0.15, -0.1) is 16.5 Å². The highest BCUT2D eigenvalue weighted by Gasteiger charge is 2.38. The van der Waals surface area contributed by atoms with Crippen LogP contribution in [0.15, 0.2) is 29.2 Å². The fraction of sp³-hybridized carbons (Fsp3) is 0.300. The second kappa shape index (κ2) is 4.30. The Bertz CT molecular complexity index is 541. The average Bonchev–Trinajstić information content (AvgIpc) is 2.61. The van der Waals surface area contributed by atoms with E-state index in [2.05, 4.69) is 12.6 Å². The fourth-order valence-corrected chi connectivity index (χ4v) is 2.56. The Morgan fingerprint density at radius 3 is 2.35 bits per heavy atom. The number of hydrogen-bond donors (Lipinski definition) is 1. The van der Waals surface area contributed by atoms with Crippen molar-refractivity contribution in [3.8, 4) is 0 Å². The molecule has 0 N–H and O–H groups in total. The molecule has 0 spiro atoms. The Labute approximate surface area is 104 Å². The number of halogens is 1. The van der Waals surface area contributed by atoms with Crippen LogP contribution in [0.4, 0.5) is 9.57 Å². The molecule has 0 aromatic heterocycles. The summed E-state index contributed by atoms with van der Waals surface area (Å²) in [4.78, 5) is 13.6. The third-order valence-electron chi connectivity index (χ3n) is 2.65. The van der Waals surface area contributed by atoms with Crippen molar-refractivity contribution in [2.24, 2.45) is 0 Å². The molecule has 1 aliphatic rings. The molecule has 4 nitrogen and oxygen atoms in total. The molecule has 1 aromatic carbocycles. The van der Waals surface area contributed by atoms with Crippen molar-refractivity contribution in [3.63, 3.8) is 0 Å². The molecule has 92 valence electrons. The molecule has 7 heteroatoms. The molecule has 1 unspecified atom stereocenters. The zero-order valence-corrected chi connectivity index (χ0v) is 10.4. The lowest BCUT2D eigenvalue weighted by Crippen LogP contribution is -2.26. The van der Waals surface area contributed by atoms with Crippen LogP contribution in [-0.4, -0.2) is 26.1 Å². The van der Waals surface area contributed by atoms with Crippen molar-refractivity contribution in [1.82, 2.24) is 0 Å². The van der Waals surface area contributed by atoms with E-state index in [1.54, 1.807) is 24.3 Å². The van der Waals surface area contributed by atoms with Crippen LogP contribution >= 0.6 is 12.6 Å². The predicted molar refractivity (Wildman–Crippen MR) is 64.5 cm³/mol. The van der Waals surface area contributed by atoms with Gasteiger partial charge >= 0.3 is 10.2 Å². The maximum atomic E-state index is 12.8. The molecule has 17 heavy (non-hydrogen) atoms. The lowest BCUT2D eigenvalue weighted by Gasteiger charge is -2.15. The molecule has 1 aromatic rings. The molecule has 1 saturated heterocycles. The van der Waals surface area contributed by atoms with Crippen molar-refractivity contribution in [2.45, 2.75) is 16.6 Å². The molecule has 0 saturated carbocycles. The van der Waals surface area contributed by atoms with Gasteiger partial charge in [0.1, 0.15) is 5.25 Å². The van der Waals surface area contributed by atoms with Crippen LogP contribution in [0.5, 0.6) is 0 Å². The van der Waals surface area contributed by atoms with E-state index in [1.165, 1.54) is 4.90 Å². The van der Waals surface area contributed by atoms with Gasteiger partial charge in [0.15, 0.2) is 0 Å². The largest absolute Gasteiger partial charge is 0.311 e. The summed E-state index contributed by atoms with van der Waals surface area (Å²) < 4.78 is 34.3. The monoisotopic (exact) mass is 275 g/mol. The summed E-state index contributed by atoms with van der Waals surface area (Å²) in [5.41, 5.74) is 0.555.